The van der Waals surface area contributed by atoms with E-state index in [0.29, 0.717) is 22.0 Å². The zero-order valence-corrected chi connectivity index (χ0v) is 18.0. The fourth-order valence-electron chi connectivity index (χ4n) is 3.65. The van der Waals surface area contributed by atoms with Crippen molar-refractivity contribution in [3.05, 3.63) is 77.4 Å². The van der Waals surface area contributed by atoms with E-state index in [1.54, 1.807) is 24.3 Å². The number of halogens is 1. The highest BCUT2D eigenvalue weighted by Gasteiger charge is 2.20. The van der Waals surface area contributed by atoms with Crippen LogP contribution in [0.3, 0.4) is 0 Å². The molecule has 1 aliphatic heterocycles. The van der Waals surface area contributed by atoms with Gasteiger partial charge in [-0.05, 0) is 67.1 Å². The first-order valence-electron chi connectivity index (χ1n) is 9.90. The molecule has 1 fully saturated rings. The van der Waals surface area contributed by atoms with Crippen LogP contribution in [0.25, 0.3) is 22.3 Å². The number of pyridine rings is 1. The zero-order valence-electron chi connectivity index (χ0n) is 16.5. The van der Waals surface area contributed by atoms with E-state index < -0.39 is 11.0 Å². The highest BCUT2D eigenvalue weighted by Crippen LogP contribution is 2.31. The first-order chi connectivity index (χ1) is 15.1. The number of carbonyl (C=O) groups is 1. The van der Waals surface area contributed by atoms with Crippen molar-refractivity contribution in [1.29, 1.82) is 0 Å². The number of nitrogens with zero attached hydrogens (tertiary/aromatic N) is 2. The van der Waals surface area contributed by atoms with Crippen LogP contribution in [0.4, 0.5) is 11.4 Å². The molecule has 2 aromatic carbocycles. The van der Waals surface area contributed by atoms with Gasteiger partial charge in [0.2, 0.25) is 0 Å². The van der Waals surface area contributed by atoms with Crippen molar-refractivity contribution in [1.82, 2.24) is 9.97 Å². The van der Waals surface area contributed by atoms with Gasteiger partial charge >= 0.3 is 0 Å². The van der Waals surface area contributed by atoms with Gasteiger partial charge < -0.3 is 10.3 Å². The van der Waals surface area contributed by atoms with Crippen LogP contribution in [0, 0.1) is 0 Å². The number of hydrogen-bond acceptors (Lipinski definition) is 3. The molecule has 1 atom stereocenters. The van der Waals surface area contributed by atoms with E-state index in [0.717, 1.165) is 40.9 Å². The summed E-state index contributed by atoms with van der Waals surface area (Å²) in [6, 6.07) is 18.3. The predicted octanol–water partition coefficient (Wildman–Crippen LogP) is 5.01. The molecule has 3 heterocycles. The number of rotatable bonds is 4. The van der Waals surface area contributed by atoms with E-state index in [1.807, 2.05) is 46.9 Å². The summed E-state index contributed by atoms with van der Waals surface area (Å²) in [5.41, 5.74) is 4.26. The Balaban J connectivity index is 1.36. The van der Waals surface area contributed by atoms with Gasteiger partial charge in [0.15, 0.2) is 0 Å². The lowest BCUT2D eigenvalue weighted by Crippen LogP contribution is -2.19. The summed E-state index contributed by atoms with van der Waals surface area (Å²) in [6.07, 6.45) is 2.76. The third-order valence-electron chi connectivity index (χ3n) is 5.25. The topological polar surface area (TPSA) is 78.1 Å². The lowest BCUT2D eigenvalue weighted by atomic mass is 10.1. The van der Waals surface area contributed by atoms with Gasteiger partial charge in [-0.25, -0.2) is 9.19 Å². The van der Waals surface area contributed by atoms with Gasteiger partial charge in [0.05, 0.1) is 10.7 Å². The van der Waals surface area contributed by atoms with Crippen LogP contribution < -0.4 is 9.62 Å². The smallest absolute Gasteiger partial charge is 0.255 e. The average molecular weight is 451 g/mol. The highest BCUT2D eigenvalue weighted by molar-refractivity contribution is 7.86. The quantitative estimate of drug-likeness (QED) is 0.458. The van der Waals surface area contributed by atoms with E-state index in [-0.39, 0.29) is 5.91 Å². The van der Waals surface area contributed by atoms with Crippen molar-refractivity contribution in [2.45, 2.75) is 6.42 Å². The van der Waals surface area contributed by atoms with Crippen LogP contribution in [-0.2, 0) is 11.0 Å². The van der Waals surface area contributed by atoms with Crippen molar-refractivity contribution in [2.24, 2.45) is 0 Å². The van der Waals surface area contributed by atoms with Crippen molar-refractivity contribution >= 4 is 50.9 Å². The minimum Gasteiger partial charge on any atom is -0.346 e. The number of anilines is 2. The van der Waals surface area contributed by atoms with Gasteiger partial charge in [-0.2, -0.15) is 0 Å². The van der Waals surface area contributed by atoms with Gasteiger partial charge in [0.25, 0.3) is 5.91 Å². The molecule has 1 unspecified atom stereocenters. The van der Waals surface area contributed by atoms with Crippen LogP contribution in [0.1, 0.15) is 16.8 Å². The Morgan fingerprint density at radius 3 is 2.71 bits per heavy atom. The first-order valence-corrected chi connectivity index (χ1v) is 11.6. The molecule has 2 aromatic heterocycles. The number of hydrogen-bond donors (Lipinski definition) is 2. The van der Waals surface area contributed by atoms with Crippen molar-refractivity contribution in [3.63, 3.8) is 0 Å². The molecule has 1 saturated heterocycles. The van der Waals surface area contributed by atoms with Crippen molar-refractivity contribution in [2.75, 3.05) is 21.9 Å². The van der Waals surface area contributed by atoms with Crippen LogP contribution >= 0.6 is 11.6 Å². The minimum atomic E-state index is -0.978. The molecule has 1 aliphatic rings. The number of fused-ring (bicyclic) bond motifs is 1. The molecule has 4 aromatic rings. The number of nitrogens with one attached hydrogen (secondary N) is 2. The number of amides is 1. The molecule has 2 N–H and O–H groups in total. The van der Waals surface area contributed by atoms with Crippen LogP contribution in [0.15, 0.2) is 66.9 Å². The molecular weight excluding hydrogens is 432 g/mol. The van der Waals surface area contributed by atoms with Gasteiger partial charge in [-0.1, -0.05) is 11.6 Å². The lowest BCUT2D eigenvalue weighted by molar-refractivity contribution is 0.102. The minimum absolute atomic E-state index is 0.227. The zero-order chi connectivity index (χ0) is 21.4. The second kappa shape index (κ2) is 8.17. The Labute approximate surface area is 186 Å². The monoisotopic (exact) mass is 450 g/mol. The summed E-state index contributed by atoms with van der Waals surface area (Å²) >= 11 is 6.41. The van der Waals surface area contributed by atoms with E-state index in [2.05, 4.69) is 15.3 Å². The van der Waals surface area contributed by atoms with Gasteiger partial charge in [0.1, 0.15) is 16.6 Å². The first kappa shape index (κ1) is 19.8. The standard InChI is InChI=1S/C23H19ClN4O2S/c24-20-8-5-17(14-19(20)21-9-4-15-10-11-25-22(15)27-21)26-23(29)16-2-6-18(7-3-16)28-12-1-13-31(28)30/h2-11,14H,1,12-13H2,(H,25,27)(H,26,29). The predicted molar refractivity (Wildman–Crippen MR) is 126 cm³/mol. The third kappa shape index (κ3) is 3.94. The van der Waals surface area contributed by atoms with E-state index >= 15 is 0 Å². The molecule has 31 heavy (non-hydrogen) atoms. The molecule has 0 saturated carbocycles. The normalized spacial score (nSPS) is 16.0. The molecule has 5 rings (SSSR count). The van der Waals surface area contributed by atoms with Crippen LogP contribution in [-0.4, -0.2) is 32.4 Å². The summed E-state index contributed by atoms with van der Waals surface area (Å²) < 4.78 is 13.9. The molecule has 8 heteroatoms. The van der Waals surface area contributed by atoms with E-state index in [9.17, 15) is 9.00 Å². The SMILES string of the molecule is O=C(Nc1ccc(Cl)c(-c2ccc3cc[nH]c3n2)c1)c1ccc(N2CCCS2=O)cc1. The Kier molecular flexibility index (Phi) is 5.21. The molecule has 0 radical (unpaired) electrons. The highest BCUT2D eigenvalue weighted by atomic mass is 35.5. The largest absolute Gasteiger partial charge is 0.346 e. The second-order valence-electron chi connectivity index (χ2n) is 7.29. The molecule has 0 spiro atoms. The Bertz CT molecular complexity index is 1300. The maximum absolute atomic E-state index is 12.7. The van der Waals surface area contributed by atoms with Gasteiger partial charge in [0, 0.05) is 46.4 Å². The summed E-state index contributed by atoms with van der Waals surface area (Å²) in [7, 11) is -0.978. The molecular formula is C23H19ClN4O2S. The van der Waals surface area contributed by atoms with E-state index in [1.165, 1.54) is 0 Å². The number of H-pyrrole nitrogens is 1. The Morgan fingerprint density at radius 2 is 1.94 bits per heavy atom. The van der Waals surface area contributed by atoms with E-state index in [4.69, 9.17) is 11.6 Å². The number of aromatic nitrogens is 2. The summed E-state index contributed by atoms with van der Waals surface area (Å²) in [6.45, 7) is 0.772. The summed E-state index contributed by atoms with van der Waals surface area (Å²) in [4.78, 5) is 20.5. The third-order valence-corrected chi connectivity index (χ3v) is 7.11. The summed E-state index contributed by atoms with van der Waals surface area (Å²) in [5.74, 6) is 0.461. The second-order valence-corrected chi connectivity index (χ2v) is 9.19. The number of carbonyl (C=O) groups excluding carboxylic acids is 1. The van der Waals surface area contributed by atoms with Gasteiger partial charge in [-0.3, -0.25) is 9.10 Å². The fourth-order valence-corrected chi connectivity index (χ4v) is 5.15. The maximum atomic E-state index is 12.7. The molecule has 1 amide bonds. The number of benzene rings is 2. The van der Waals surface area contributed by atoms with Crippen LogP contribution in [0.2, 0.25) is 5.02 Å². The van der Waals surface area contributed by atoms with Gasteiger partial charge in [-0.15, -0.1) is 0 Å². The average Bonchev–Trinajstić information content (AvgIpc) is 3.43. The fraction of sp³-hybridized carbons (Fsp3) is 0.130. The van der Waals surface area contributed by atoms with Crippen LogP contribution in [0.5, 0.6) is 0 Å². The molecule has 0 bridgehead atoms. The van der Waals surface area contributed by atoms with Crippen molar-refractivity contribution < 1.29 is 9.00 Å². The van der Waals surface area contributed by atoms with Crippen molar-refractivity contribution in [3.8, 4) is 11.3 Å². The Hall–Kier alpha value is -3.16. The molecule has 156 valence electrons. The lowest BCUT2D eigenvalue weighted by Gasteiger charge is -2.16. The summed E-state index contributed by atoms with van der Waals surface area (Å²) in [5, 5.41) is 4.49. The number of aromatic amines is 1. The maximum Gasteiger partial charge on any atom is 0.255 e. The Morgan fingerprint density at radius 1 is 1.10 bits per heavy atom. The molecule has 6 nitrogen and oxygen atoms in total. The molecule has 0 aliphatic carbocycles.